The topological polar surface area (TPSA) is 88.4 Å². The first-order valence-corrected chi connectivity index (χ1v) is 7.18. The fraction of sp³-hybridized carbons (Fsp3) is 0.571. The van der Waals surface area contributed by atoms with E-state index in [0.717, 1.165) is 19.0 Å². The highest BCUT2D eigenvalue weighted by Crippen LogP contribution is 2.28. The Labute approximate surface area is 123 Å². The quantitative estimate of drug-likeness (QED) is 0.642. The van der Waals surface area contributed by atoms with Crippen molar-refractivity contribution in [2.45, 2.75) is 26.2 Å². The molecule has 0 radical (unpaired) electrons. The minimum absolute atomic E-state index is 0.169. The maximum absolute atomic E-state index is 12.6. The smallest absolute Gasteiger partial charge is 0.288 e. The molecule has 1 N–H and O–H groups in total. The number of nitrogens with one attached hydrogen (secondary N) is 1. The summed E-state index contributed by atoms with van der Waals surface area (Å²) in [5.74, 6) is 0.723. The molecule has 1 aliphatic carbocycles. The van der Waals surface area contributed by atoms with Crippen LogP contribution in [0, 0.1) is 16.0 Å². The number of nitrogens with zero attached hydrogens (tertiary/aromatic N) is 3. The van der Waals surface area contributed by atoms with Crippen LogP contribution >= 0.6 is 0 Å². The summed E-state index contributed by atoms with van der Waals surface area (Å²) in [5, 5.41) is 13.7. The first-order chi connectivity index (χ1) is 10.1. The number of hydrogen-bond acceptors (Lipinski definition) is 5. The number of nitro groups is 1. The zero-order valence-corrected chi connectivity index (χ0v) is 12.3. The predicted molar refractivity (Wildman–Crippen MR) is 79.4 cm³/mol. The Morgan fingerprint density at radius 3 is 2.76 bits per heavy atom. The van der Waals surface area contributed by atoms with E-state index in [1.54, 1.807) is 11.9 Å². The lowest BCUT2D eigenvalue weighted by Crippen LogP contribution is -2.37. The van der Waals surface area contributed by atoms with E-state index in [-0.39, 0.29) is 17.2 Å². The molecule has 1 aliphatic rings. The van der Waals surface area contributed by atoms with Crippen molar-refractivity contribution >= 4 is 17.4 Å². The molecular weight excluding hydrogens is 272 g/mol. The monoisotopic (exact) mass is 292 g/mol. The third-order valence-electron chi connectivity index (χ3n) is 3.92. The molecule has 2 rings (SSSR count). The number of carbonyl (C=O) groups is 1. The number of pyridine rings is 1. The second kappa shape index (κ2) is 6.51. The van der Waals surface area contributed by atoms with Crippen LogP contribution < -0.4 is 5.32 Å². The van der Waals surface area contributed by atoms with Gasteiger partial charge in [-0.25, -0.2) is 4.98 Å². The fourth-order valence-corrected chi connectivity index (χ4v) is 2.43. The summed E-state index contributed by atoms with van der Waals surface area (Å²) >= 11 is 0. The number of hydrogen-bond donors (Lipinski definition) is 1. The second-order valence-electron chi connectivity index (χ2n) is 5.24. The maximum Gasteiger partial charge on any atom is 0.288 e. The molecule has 1 aromatic rings. The van der Waals surface area contributed by atoms with Gasteiger partial charge in [-0.1, -0.05) is 6.42 Å². The Balaban J connectivity index is 2.26. The minimum atomic E-state index is -0.536. The SMILES string of the molecule is CCN(CC1CCC1)C(=O)c1cc([N+](=O)[O-])cnc1NC. The Morgan fingerprint density at radius 1 is 1.57 bits per heavy atom. The molecule has 0 saturated heterocycles. The Morgan fingerprint density at radius 2 is 2.29 bits per heavy atom. The van der Waals surface area contributed by atoms with Crippen molar-refractivity contribution in [1.29, 1.82) is 0 Å². The number of aromatic nitrogens is 1. The van der Waals surface area contributed by atoms with Gasteiger partial charge in [0, 0.05) is 26.2 Å². The van der Waals surface area contributed by atoms with Crippen LogP contribution in [-0.4, -0.2) is 40.9 Å². The van der Waals surface area contributed by atoms with Crippen molar-refractivity contribution in [3.8, 4) is 0 Å². The summed E-state index contributed by atoms with van der Waals surface area (Å²) in [6.45, 7) is 3.21. The first kappa shape index (κ1) is 15.2. The molecule has 0 aromatic carbocycles. The molecule has 0 bridgehead atoms. The third kappa shape index (κ3) is 3.29. The molecule has 7 heteroatoms. The zero-order valence-electron chi connectivity index (χ0n) is 12.3. The Kier molecular flexibility index (Phi) is 4.72. The average Bonchev–Trinajstić information content (AvgIpc) is 2.45. The van der Waals surface area contributed by atoms with Crippen molar-refractivity contribution in [2.24, 2.45) is 5.92 Å². The van der Waals surface area contributed by atoms with Crippen LogP contribution in [0.5, 0.6) is 0 Å². The highest BCUT2D eigenvalue weighted by atomic mass is 16.6. The molecule has 114 valence electrons. The molecule has 0 atom stereocenters. The van der Waals surface area contributed by atoms with Gasteiger partial charge in [0.2, 0.25) is 0 Å². The van der Waals surface area contributed by atoms with Gasteiger partial charge >= 0.3 is 0 Å². The summed E-state index contributed by atoms with van der Waals surface area (Å²) in [5.41, 5.74) is 0.0879. The van der Waals surface area contributed by atoms with E-state index in [2.05, 4.69) is 10.3 Å². The van der Waals surface area contributed by atoms with Crippen LogP contribution in [0.25, 0.3) is 0 Å². The van der Waals surface area contributed by atoms with E-state index in [0.29, 0.717) is 24.8 Å². The fourth-order valence-electron chi connectivity index (χ4n) is 2.43. The lowest BCUT2D eigenvalue weighted by Gasteiger charge is -2.32. The van der Waals surface area contributed by atoms with Crippen molar-refractivity contribution in [2.75, 3.05) is 25.5 Å². The van der Waals surface area contributed by atoms with Gasteiger partial charge in [-0.3, -0.25) is 14.9 Å². The van der Waals surface area contributed by atoms with Gasteiger partial charge in [0.1, 0.15) is 12.0 Å². The van der Waals surface area contributed by atoms with Crippen LogP contribution in [0.2, 0.25) is 0 Å². The summed E-state index contributed by atoms with van der Waals surface area (Å²) < 4.78 is 0. The number of amides is 1. The van der Waals surface area contributed by atoms with E-state index in [4.69, 9.17) is 0 Å². The molecule has 0 spiro atoms. The van der Waals surface area contributed by atoms with Gasteiger partial charge in [0.05, 0.1) is 10.5 Å². The van der Waals surface area contributed by atoms with Crippen LogP contribution in [0.1, 0.15) is 36.5 Å². The number of carbonyl (C=O) groups excluding carboxylic acids is 1. The van der Waals surface area contributed by atoms with Crippen LogP contribution in [0.15, 0.2) is 12.3 Å². The number of anilines is 1. The minimum Gasteiger partial charge on any atom is -0.372 e. The molecule has 1 saturated carbocycles. The molecule has 1 amide bonds. The van der Waals surface area contributed by atoms with Crippen LogP contribution in [0.3, 0.4) is 0 Å². The summed E-state index contributed by atoms with van der Waals surface area (Å²) in [6, 6.07) is 1.30. The molecule has 1 fully saturated rings. The standard InChI is InChI=1S/C14H20N4O3/c1-3-17(9-10-5-4-6-10)14(19)12-7-11(18(20)21)8-16-13(12)15-2/h7-8,10H,3-6,9H2,1-2H3,(H,15,16). The lowest BCUT2D eigenvalue weighted by molar-refractivity contribution is -0.385. The van der Waals surface area contributed by atoms with Gasteiger partial charge in [-0.15, -0.1) is 0 Å². The van der Waals surface area contributed by atoms with Gasteiger partial charge < -0.3 is 10.2 Å². The van der Waals surface area contributed by atoms with E-state index in [9.17, 15) is 14.9 Å². The molecule has 7 nitrogen and oxygen atoms in total. The lowest BCUT2D eigenvalue weighted by atomic mass is 9.85. The van der Waals surface area contributed by atoms with Gasteiger partial charge in [-0.2, -0.15) is 0 Å². The highest BCUT2D eigenvalue weighted by Gasteiger charge is 2.26. The van der Waals surface area contributed by atoms with Gasteiger partial charge in [0.15, 0.2) is 0 Å². The summed E-state index contributed by atoms with van der Waals surface area (Å²) in [4.78, 5) is 28.7. The molecule has 0 aliphatic heterocycles. The summed E-state index contributed by atoms with van der Waals surface area (Å²) in [7, 11) is 1.65. The maximum atomic E-state index is 12.6. The van der Waals surface area contributed by atoms with E-state index < -0.39 is 4.92 Å². The average molecular weight is 292 g/mol. The highest BCUT2D eigenvalue weighted by molar-refractivity contribution is 5.99. The van der Waals surface area contributed by atoms with E-state index >= 15 is 0 Å². The van der Waals surface area contributed by atoms with Crippen LogP contribution in [-0.2, 0) is 0 Å². The summed E-state index contributed by atoms with van der Waals surface area (Å²) in [6.07, 6.45) is 4.67. The zero-order chi connectivity index (χ0) is 15.4. The second-order valence-corrected chi connectivity index (χ2v) is 5.24. The number of rotatable bonds is 6. The van der Waals surface area contributed by atoms with Crippen LogP contribution in [0.4, 0.5) is 11.5 Å². The molecule has 1 heterocycles. The third-order valence-corrected chi connectivity index (χ3v) is 3.92. The van der Waals surface area contributed by atoms with Crippen molar-refractivity contribution in [3.05, 3.63) is 27.9 Å². The molecule has 21 heavy (non-hydrogen) atoms. The Bertz CT molecular complexity index is 543. The molecule has 0 unspecified atom stereocenters. The predicted octanol–water partition coefficient (Wildman–Crippen LogP) is 2.29. The normalized spacial score (nSPS) is 14.4. The largest absolute Gasteiger partial charge is 0.372 e. The molecular formula is C14H20N4O3. The van der Waals surface area contributed by atoms with Gasteiger partial charge in [0.25, 0.3) is 11.6 Å². The van der Waals surface area contributed by atoms with Crippen molar-refractivity contribution in [1.82, 2.24) is 9.88 Å². The van der Waals surface area contributed by atoms with E-state index in [1.807, 2.05) is 6.92 Å². The Hall–Kier alpha value is -2.18. The molecule has 1 aromatic heterocycles. The van der Waals surface area contributed by atoms with Crippen molar-refractivity contribution in [3.63, 3.8) is 0 Å². The van der Waals surface area contributed by atoms with Gasteiger partial charge in [-0.05, 0) is 25.7 Å². The first-order valence-electron chi connectivity index (χ1n) is 7.18. The van der Waals surface area contributed by atoms with E-state index in [1.165, 1.54) is 12.5 Å². The van der Waals surface area contributed by atoms with Crippen molar-refractivity contribution < 1.29 is 9.72 Å².